The first-order valence-corrected chi connectivity index (χ1v) is 13.5. The summed E-state index contributed by atoms with van der Waals surface area (Å²) in [6.45, 7) is 0.478. The van der Waals surface area contributed by atoms with Gasteiger partial charge >= 0.3 is 15.6 Å². The molecule has 0 spiro atoms. The Balaban J connectivity index is 0.00000432. The van der Waals surface area contributed by atoms with Crippen LogP contribution in [0.4, 0.5) is 5.82 Å². The van der Waals surface area contributed by atoms with Gasteiger partial charge in [-0.2, -0.15) is 0 Å². The average Bonchev–Trinajstić information content (AvgIpc) is 3.29. The zero-order valence-electron chi connectivity index (χ0n) is 19.0. The molecular formula is C16H28LiN6O10P2. The zero-order chi connectivity index (χ0) is 24.9. The monoisotopic (exact) mass is 533 g/mol. The smallest absolute Gasteiger partial charge is 0.386 e. The van der Waals surface area contributed by atoms with E-state index >= 15 is 0 Å². The minimum absolute atomic E-state index is 0. The van der Waals surface area contributed by atoms with Crippen molar-refractivity contribution in [2.24, 2.45) is 5.73 Å². The van der Waals surface area contributed by atoms with Crippen molar-refractivity contribution in [2.75, 3.05) is 25.0 Å². The van der Waals surface area contributed by atoms with Crippen LogP contribution in [0.1, 0.15) is 31.9 Å². The Kier molecular flexibility index (Phi) is 11.3. The van der Waals surface area contributed by atoms with Crippen LogP contribution >= 0.6 is 15.6 Å². The topological polar surface area (TPSA) is 245 Å². The summed E-state index contributed by atoms with van der Waals surface area (Å²) in [5.74, 6) is 0.444. The number of phosphoric acid groups is 2. The first-order valence-electron chi connectivity index (χ1n) is 10.4. The van der Waals surface area contributed by atoms with Crippen molar-refractivity contribution < 1.29 is 47.6 Å². The number of aromatic nitrogens is 4. The molecule has 8 N–H and O–H groups in total. The molecule has 0 amide bonds. The van der Waals surface area contributed by atoms with Crippen LogP contribution < -0.4 is 11.1 Å². The maximum absolute atomic E-state index is 11.4. The summed E-state index contributed by atoms with van der Waals surface area (Å²) < 4.78 is 38.3. The Bertz CT molecular complexity index is 1050. The summed E-state index contributed by atoms with van der Waals surface area (Å²) in [5.41, 5.74) is 6.09. The summed E-state index contributed by atoms with van der Waals surface area (Å²) in [5, 5.41) is 13.9. The molecule has 35 heavy (non-hydrogen) atoms. The number of nitrogens with zero attached hydrogens (tertiary/aromatic N) is 4. The predicted octanol–water partition coefficient (Wildman–Crippen LogP) is -0.778. The predicted molar refractivity (Wildman–Crippen MR) is 122 cm³/mol. The number of nitrogens with two attached hydrogens (primary N) is 1. The van der Waals surface area contributed by atoms with Gasteiger partial charge in [0.1, 0.15) is 24.6 Å². The first-order chi connectivity index (χ1) is 16.0. The van der Waals surface area contributed by atoms with Crippen molar-refractivity contribution in [2.45, 2.75) is 50.2 Å². The zero-order valence-corrected chi connectivity index (χ0v) is 20.7. The third-order valence-corrected chi connectivity index (χ3v) is 6.04. The molecule has 3 heterocycles. The van der Waals surface area contributed by atoms with E-state index in [1.165, 1.54) is 17.2 Å². The van der Waals surface area contributed by atoms with Crippen LogP contribution in [0, 0.1) is 0 Å². The van der Waals surface area contributed by atoms with Crippen LogP contribution in [0.3, 0.4) is 0 Å². The molecule has 1 radical (unpaired) electrons. The summed E-state index contributed by atoms with van der Waals surface area (Å²) >= 11 is 0. The van der Waals surface area contributed by atoms with Gasteiger partial charge in [-0.3, -0.25) is 13.6 Å². The molecule has 1 saturated heterocycles. The van der Waals surface area contributed by atoms with E-state index in [4.69, 9.17) is 20.3 Å². The first kappa shape index (κ1) is 30.3. The fraction of sp³-hybridized carbons (Fsp3) is 0.688. The van der Waals surface area contributed by atoms with Gasteiger partial charge in [0.15, 0.2) is 23.2 Å². The Morgan fingerprint density at radius 3 is 2.46 bits per heavy atom. The summed E-state index contributed by atoms with van der Waals surface area (Å²) in [6, 6.07) is 0. The second-order valence-corrected chi connectivity index (χ2v) is 10.0. The van der Waals surface area contributed by atoms with Crippen LogP contribution in [-0.2, 0) is 22.9 Å². The number of unbranched alkanes of at least 4 members (excludes halogenated alkanes) is 3. The maximum Gasteiger partial charge on any atom is 0.470 e. The van der Waals surface area contributed by atoms with Gasteiger partial charge in [0.25, 0.3) is 0 Å². The molecule has 19 heteroatoms. The fourth-order valence-corrected chi connectivity index (χ4v) is 4.46. The Morgan fingerprint density at radius 1 is 1.09 bits per heavy atom. The number of hydrogen-bond donors (Lipinski definition) is 7. The van der Waals surface area contributed by atoms with Crippen LogP contribution in [0.2, 0.25) is 0 Å². The van der Waals surface area contributed by atoms with E-state index in [0.29, 0.717) is 24.4 Å². The third kappa shape index (κ3) is 8.55. The van der Waals surface area contributed by atoms with Crippen LogP contribution in [-0.4, -0.2) is 101 Å². The summed E-state index contributed by atoms with van der Waals surface area (Å²) in [7, 11) is -10.0. The number of fused-ring (bicyclic) bond motifs is 1. The quantitative estimate of drug-likeness (QED) is 0.0948. The van der Waals surface area contributed by atoms with Gasteiger partial charge in [-0.25, -0.2) is 24.1 Å². The molecule has 3 rings (SSSR count). The largest absolute Gasteiger partial charge is 0.470 e. The van der Waals surface area contributed by atoms with E-state index in [2.05, 4.69) is 29.3 Å². The summed E-state index contributed by atoms with van der Waals surface area (Å²) in [4.78, 5) is 48.9. The van der Waals surface area contributed by atoms with Crippen molar-refractivity contribution in [3.8, 4) is 0 Å². The molecule has 2 aromatic rings. The Morgan fingerprint density at radius 2 is 1.80 bits per heavy atom. The number of aliphatic hydroxyl groups excluding tert-OH is 1. The average molecular weight is 533 g/mol. The number of hydrogen-bond acceptors (Lipinski definition) is 11. The van der Waals surface area contributed by atoms with Gasteiger partial charge in [-0.15, -0.1) is 0 Å². The van der Waals surface area contributed by atoms with Crippen LogP contribution in [0.5, 0.6) is 0 Å². The van der Waals surface area contributed by atoms with Gasteiger partial charge in [-0.05, 0) is 19.4 Å². The molecule has 0 bridgehead atoms. The number of imidazole rings is 1. The molecule has 4 atom stereocenters. The van der Waals surface area contributed by atoms with Crippen LogP contribution in [0.15, 0.2) is 12.7 Å². The second-order valence-electron chi connectivity index (χ2n) is 7.58. The molecule has 1 aliphatic rings. The van der Waals surface area contributed by atoms with Crippen molar-refractivity contribution in [3.63, 3.8) is 0 Å². The number of nitrogens with one attached hydrogen (secondary N) is 1. The standard InChI is InChI=1S/C16H28N6O10P2.Li/c17-5-3-1-2-4-6-18-14-11-15(20-8-19-14)22(9-21-11)16-12(23)13(32-34(27,28)29)10(31-16)7-30-33(24,25)26;/h8-10,12-13,16,23H,1-7,17H2,(H,18,19,20)(H2,24,25,26)(H2,27,28,29);/t10-,12-,13-,16-;/m1./s1. The molecule has 2 aromatic heterocycles. The van der Waals surface area contributed by atoms with Gasteiger partial charge in [0, 0.05) is 25.4 Å². The van der Waals surface area contributed by atoms with Crippen molar-refractivity contribution in [1.29, 1.82) is 0 Å². The second kappa shape index (κ2) is 13.0. The van der Waals surface area contributed by atoms with Crippen molar-refractivity contribution >= 4 is 51.5 Å². The molecule has 16 nitrogen and oxygen atoms in total. The van der Waals surface area contributed by atoms with E-state index in [-0.39, 0.29) is 24.5 Å². The van der Waals surface area contributed by atoms with Gasteiger partial charge in [-0.1, -0.05) is 12.8 Å². The summed E-state index contributed by atoms with van der Waals surface area (Å²) in [6.07, 6.45) is 0.375. The molecule has 0 aromatic carbocycles. The molecule has 0 aliphatic carbocycles. The molecule has 0 unspecified atom stereocenters. The molecule has 1 aliphatic heterocycles. The molecule has 193 valence electrons. The van der Waals surface area contributed by atoms with E-state index in [1.54, 1.807) is 0 Å². The maximum atomic E-state index is 11.4. The van der Waals surface area contributed by atoms with E-state index in [1.807, 2.05) is 0 Å². The van der Waals surface area contributed by atoms with Gasteiger partial charge in [0.05, 0.1) is 12.9 Å². The van der Waals surface area contributed by atoms with E-state index in [9.17, 15) is 24.0 Å². The van der Waals surface area contributed by atoms with Gasteiger partial charge in [0.2, 0.25) is 0 Å². The number of rotatable bonds is 13. The number of ether oxygens (including phenoxy) is 1. The van der Waals surface area contributed by atoms with Crippen molar-refractivity contribution in [1.82, 2.24) is 19.5 Å². The number of anilines is 1. The normalized spacial score (nSPS) is 22.9. The van der Waals surface area contributed by atoms with Gasteiger partial charge < -0.3 is 40.5 Å². The minimum atomic E-state index is -5.09. The van der Waals surface area contributed by atoms with Crippen LogP contribution in [0.25, 0.3) is 11.2 Å². The third-order valence-electron chi connectivity index (χ3n) is 5.03. The SMILES string of the molecule is NCCCCCCNc1ncnc2c1ncn2[C@@H]1O[C@H](COP(=O)(O)O)[C@@H](OP(=O)(O)O)[C@H]1O.[Li]. The van der Waals surface area contributed by atoms with E-state index in [0.717, 1.165) is 25.7 Å². The molecule has 1 fully saturated rings. The number of phosphoric ester groups is 2. The number of aliphatic hydroxyl groups is 1. The molecule has 0 saturated carbocycles. The Hall–Kier alpha value is -0.953. The minimum Gasteiger partial charge on any atom is -0.386 e. The Labute approximate surface area is 212 Å². The van der Waals surface area contributed by atoms with E-state index < -0.39 is 46.8 Å². The molecular weight excluding hydrogens is 505 g/mol. The fourth-order valence-electron chi connectivity index (χ4n) is 3.54. The van der Waals surface area contributed by atoms with Crippen molar-refractivity contribution in [3.05, 3.63) is 12.7 Å².